The first-order chi connectivity index (χ1) is 11.9. The highest BCUT2D eigenvalue weighted by molar-refractivity contribution is 5.92. The molecule has 0 spiro atoms. The van der Waals surface area contributed by atoms with Gasteiger partial charge in [-0.05, 0) is 44.4 Å². The molecule has 1 aromatic heterocycles. The molecule has 1 saturated carbocycles. The number of hydrogen-bond acceptors (Lipinski definition) is 4. The molecule has 0 unspecified atom stereocenters. The molecule has 1 fully saturated rings. The number of rotatable bonds is 6. The molecule has 132 valence electrons. The Morgan fingerprint density at radius 1 is 1.40 bits per heavy atom. The molecular formula is C18H21N3O4. The van der Waals surface area contributed by atoms with Gasteiger partial charge >= 0.3 is 5.97 Å². The largest absolute Gasteiger partial charge is 0.478 e. The van der Waals surface area contributed by atoms with Crippen molar-refractivity contribution in [3.05, 3.63) is 41.7 Å². The van der Waals surface area contributed by atoms with Crippen LogP contribution < -0.4 is 5.32 Å². The Morgan fingerprint density at radius 2 is 2.16 bits per heavy atom. The van der Waals surface area contributed by atoms with Crippen molar-refractivity contribution < 1.29 is 19.4 Å². The van der Waals surface area contributed by atoms with Gasteiger partial charge in [-0.15, -0.1) is 0 Å². The Balaban J connectivity index is 1.76. The number of carboxylic acids is 1. The minimum Gasteiger partial charge on any atom is -0.478 e. The molecule has 2 aromatic rings. The minimum atomic E-state index is -1.02. The summed E-state index contributed by atoms with van der Waals surface area (Å²) in [6.07, 6.45) is 4.55. The van der Waals surface area contributed by atoms with Crippen molar-refractivity contribution in [2.75, 3.05) is 12.4 Å². The van der Waals surface area contributed by atoms with Crippen molar-refractivity contribution in [2.24, 2.45) is 0 Å². The zero-order valence-electron chi connectivity index (χ0n) is 14.3. The lowest BCUT2D eigenvalue weighted by atomic mass is 9.77. The van der Waals surface area contributed by atoms with Crippen LogP contribution in [0, 0.1) is 6.92 Å². The number of carbonyl (C=O) groups excluding carboxylic acids is 1. The van der Waals surface area contributed by atoms with Crippen LogP contribution in [0.25, 0.3) is 5.69 Å². The zero-order chi connectivity index (χ0) is 18.0. The fourth-order valence-corrected chi connectivity index (χ4v) is 3.12. The van der Waals surface area contributed by atoms with Crippen molar-refractivity contribution in [1.29, 1.82) is 0 Å². The number of nitrogens with one attached hydrogen (secondary N) is 1. The summed E-state index contributed by atoms with van der Waals surface area (Å²) < 4.78 is 7.03. The Morgan fingerprint density at radius 3 is 2.72 bits per heavy atom. The van der Waals surface area contributed by atoms with Gasteiger partial charge in [-0.1, -0.05) is 6.07 Å². The van der Waals surface area contributed by atoms with Crippen molar-refractivity contribution in [2.45, 2.75) is 38.2 Å². The molecule has 25 heavy (non-hydrogen) atoms. The van der Waals surface area contributed by atoms with Crippen LogP contribution in [0.2, 0.25) is 0 Å². The molecule has 0 bridgehead atoms. The number of anilines is 1. The number of nitrogens with zero attached hydrogens (tertiary/aromatic N) is 2. The minimum absolute atomic E-state index is 0.0953. The second kappa shape index (κ2) is 6.68. The summed E-state index contributed by atoms with van der Waals surface area (Å²) in [5, 5.41) is 16.1. The first-order valence-corrected chi connectivity index (χ1v) is 8.17. The van der Waals surface area contributed by atoms with Crippen molar-refractivity contribution in [3.8, 4) is 5.69 Å². The molecule has 2 N–H and O–H groups in total. The highest BCUT2D eigenvalue weighted by Crippen LogP contribution is 2.38. The van der Waals surface area contributed by atoms with Crippen LogP contribution in [0.4, 0.5) is 5.69 Å². The Bertz CT molecular complexity index is 803. The maximum absolute atomic E-state index is 12.3. The van der Waals surface area contributed by atoms with Crippen LogP contribution >= 0.6 is 0 Å². The second-order valence-electron chi connectivity index (χ2n) is 6.38. The van der Waals surface area contributed by atoms with Gasteiger partial charge in [-0.3, -0.25) is 4.79 Å². The molecular weight excluding hydrogens is 322 g/mol. The number of benzene rings is 1. The first-order valence-electron chi connectivity index (χ1n) is 8.17. The molecule has 7 nitrogen and oxygen atoms in total. The van der Waals surface area contributed by atoms with E-state index in [1.807, 2.05) is 6.07 Å². The third kappa shape index (κ3) is 3.41. The van der Waals surface area contributed by atoms with Crippen LogP contribution in [-0.4, -0.2) is 39.5 Å². The quantitative estimate of drug-likeness (QED) is 0.841. The number of aromatic carboxylic acids is 1. The number of carboxylic acid groups (broad SMARTS) is 1. The zero-order valence-corrected chi connectivity index (χ0v) is 14.3. The number of amides is 1. The SMILES string of the molecule is COC1(CC(=O)Nc2cccc(-n3ncc(C(=O)O)c3C)c2)CCC1. The standard InChI is InChI=1S/C18H21N3O4/c1-12-15(17(23)24)11-19-21(12)14-6-3-5-13(9-14)20-16(22)10-18(25-2)7-4-8-18/h3,5-6,9,11H,4,7-8,10H2,1-2H3,(H,20,22)(H,23,24). The number of carbonyl (C=O) groups is 2. The molecule has 7 heteroatoms. The highest BCUT2D eigenvalue weighted by Gasteiger charge is 2.38. The van der Waals surface area contributed by atoms with E-state index in [-0.39, 0.29) is 17.1 Å². The highest BCUT2D eigenvalue weighted by atomic mass is 16.5. The molecule has 0 aliphatic heterocycles. The van der Waals surface area contributed by atoms with Gasteiger partial charge in [-0.25, -0.2) is 9.48 Å². The number of methoxy groups -OCH3 is 1. The summed E-state index contributed by atoms with van der Waals surface area (Å²) in [6.45, 7) is 1.70. The summed E-state index contributed by atoms with van der Waals surface area (Å²) >= 11 is 0. The summed E-state index contributed by atoms with van der Waals surface area (Å²) in [5.74, 6) is -1.11. The third-order valence-corrected chi connectivity index (χ3v) is 4.80. The number of aromatic nitrogens is 2. The van der Waals surface area contributed by atoms with E-state index >= 15 is 0 Å². The van der Waals surface area contributed by atoms with E-state index in [0.717, 1.165) is 19.3 Å². The lowest BCUT2D eigenvalue weighted by Crippen LogP contribution is -2.42. The molecule has 0 radical (unpaired) electrons. The van der Waals surface area contributed by atoms with Crippen molar-refractivity contribution >= 4 is 17.6 Å². The average molecular weight is 343 g/mol. The lowest BCUT2D eigenvalue weighted by Gasteiger charge is -2.39. The molecule has 1 aliphatic rings. The van der Waals surface area contributed by atoms with Gasteiger partial charge in [0.1, 0.15) is 5.56 Å². The van der Waals surface area contributed by atoms with Gasteiger partial charge in [0.15, 0.2) is 0 Å². The van der Waals surface area contributed by atoms with E-state index in [2.05, 4.69) is 10.4 Å². The molecule has 0 saturated heterocycles. The van der Waals surface area contributed by atoms with Crippen molar-refractivity contribution in [1.82, 2.24) is 9.78 Å². The van der Waals surface area contributed by atoms with Crippen LogP contribution in [0.1, 0.15) is 41.7 Å². The summed E-state index contributed by atoms with van der Waals surface area (Å²) in [6, 6.07) is 7.16. The van der Waals surface area contributed by atoms with Gasteiger partial charge in [0.05, 0.1) is 29.6 Å². The predicted molar refractivity (Wildman–Crippen MR) is 92.1 cm³/mol. The van der Waals surface area contributed by atoms with Gasteiger partial charge in [-0.2, -0.15) is 5.10 Å². The molecule has 1 heterocycles. The molecule has 3 rings (SSSR count). The summed E-state index contributed by atoms with van der Waals surface area (Å²) in [7, 11) is 1.65. The van der Waals surface area contributed by atoms with Crippen LogP contribution in [0.5, 0.6) is 0 Å². The van der Waals surface area contributed by atoms with E-state index in [1.165, 1.54) is 6.20 Å². The second-order valence-corrected chi connectivity index (χ2v) is 6.38. The Labute approximate surface area is 145 Å². The Kier molecular flexibility index (Phi) is 4.59. The van der Waals surface area contributed by atoms with Gasteiger partial charge in [0, 0.05) is 12.8 Å². The number of ether oxygens (including phenoxy) is 1. The van der Waals surface area contributed by atoms with E-state index < -0.39 is 5.97 Å². The summed E-state index contributed by atoms with van der Waals surface area (Å²) in [5.41, 5.74) is 1.69. The average Bonchev–Trinajstić information content (AvgIpc) is 2.93. The fourth-order valence-electron chi connectivity index (χ4n) is 3.12. The van der Waals surface area contributed by atoms with E-state index in [0.29, 0.717) is 23.5 Å². The molecule has 0 atom stereocenters. The maximum Gasteiger partial charge on any atom is 0.339 e. The lowest BCUT2D eigenvalue weighted by molar-refractivity contribution is -0.129. The Hall–Kier alpha value is -2.67. The number of hydrogen-bond donors (Lipinski definition) is 2. The fraction of sp³-hybridized carbons (Fsp3) is 0.389. The first kappa shape index (κ1) is 17.2. The maximum atomic E-state index is 12.3. The summed E-state index contributed by atoms with van der Waals surface area (Å²) in [4.78, 5) is 23.4. The van der Waals surface area contributed by atoms with Crippen LogP contribution in [-0.2, 0) is 9.53 Å². The van der Waals surface area contributed by atoms with E-state index in [1.54, 1.807) is 36.9 Å². The van der Waals surface area contributed by atoms with Gasteiger partial charge in [0.2, 0.25) is 5.91 Å². The molecule has 1 aromatic carbocycles. The van der Waals surface area contributed by atoms with Gasteiger partial charge in [0.25, 0.3) is 0 Å². The third-order valence-electron chi connectivity index (χ3n) is 4.80. The van der Waals surface area contributed by atoms with E-state index in [4.69, 9.17) is 9.84 Å². The topological polar surface area (TPSA) is 93.5 Å². The van der Waals surface area contributed by atoms with Crippen LogP contribution in [0.15, 0.2) is 30.5 Å². The molecule has 1 amide bonds. The monoisotopic (exact) mass is 343 g/mol. The van der Waals surface area contributed by atoms with Crippen molar-refractivity contribution in [3.63, 3.8) is 0 Å². The smallest absolute Gasteiger partial charge is 0.339 e. The van der Waals surface area contributed by atoms with Crippen LogP contribution in [0.3, 0.4) is 0 Å². The van der Waals surface area contributed by atoms with Gasteiger partial charge < -0.3 is 15.2 Å². The normalized spacial score (nSPS) is 15.4. The predicted octanol–water partition coefficient (Wildman–Crippen LogP) is 2.78. The van der Waals surface area contributed by atoms with E-state index in [9.17, 15) is 9.59 Å². The molecule has 1 aliphatic carbocycles.